The van der Waals surface area contributed by atoms with E-state index in [1.807, 2.05) is 12.1 Å². The molecule has 0 heterocycles. The number of rotatable bonds is 8. The molecule has 4 heteroatoms. The maximum Gasteiger partial charge on any atom is 0.209 e. The van der Waals surface area contributed by atoms with Crippen molar-refractivity contribution in [3.05, 3.63) is 59.1 Å². The van der Waals surface area contributed by atoms with E-state index in [0.29, 0.717) is 16.6 Å². The Morgan fingerprint density at radius 1 is 1.00 bits per heavy atom. The quantitative estimate of drug-likeness (QED) is 0.373. The zero-order valence-corrected chi connectivity index (χ0v) is 16.7. The number of amides is 1. The minimum atomic E-state index is 0.638. The summed E-state index contributed by atoms with van der Waals surface area (Å²) < 4.78 is 0. The van der Waals surface area contributed by atoms with Gasteiger partial charge >= 0.3 is 0 Å². The molecule has 0 aromatic heterocycles. The Morgan fingerprint density at radius 2 is 1.50 bits per heavy atom. The van der Waals surface area contributed by atoms with E-state index in [1.165, 1.54) is 6.42 Å². The van der Waals surface area contributed by atoms with Crippen LogP contribution in [-0.2, 0) is 11.2 Å². The molecule has 1 aromatic rings. The highest BCUT2D eigenvalue weighted by molar-refractivity contribution is 6.34. The third kappa shape index (κ3) is 15.6. The summed E-state index contributed by atoms with van der Waals surface area (Å²) >= 11 is 11.8. The summed E-state index contributed by atoms with van der Waals surface area (Å²) in [5.41, 5.74) is 1.06. The van der Waals surface area contributed by atoms with E-state index in [9.17, 15) is 4.79 Å². The molecule has 1 aromatic carbocycles. The Balaban J connectivity index is 0. The van der Waals surface area contributed by atoms with E-state index in [1.54, 1.807) is 23.1 Å². The van der Waals surface area contributed by atoms with Crippen molar-refractivity contribution in [1.82, 2.24) is 4.90 Å². The van der Waals surface area contributed by atoms with Gasteiger partial charge in [-0.15, -0.1) is 0 Å². The van der Waals surface area contributed by atoms with Gasteiger partial charge in [0.2, 0.25) is 6.41 Å². The number of unbranched alkanes of at least 4 members (excludes halogenated alkanes) is 1. The second-order valence-corrected chi connectivity index (χ2v) is 6.07. The first-order valence-corrected chi connectivity index (χ1v) is 9.12. The summed E-state index contributed by atoms with van der Waals surface area (Å²) in [5, 5.41) is 1.28. The molecule has 1 rings (SSSR count). The van der Waals surface area contributed by atoms with Gasteiger partial charge in [-0.2, -0.15) is 0 Å². The number of hydrogen-bond donors (Lipinski definition) is 0. The van der Waals surface area contributed by atoms with Crippen molar-refractivity contribution in [2.45, 2.75) is 46.5 Å². The molecule has 0 saturated carbocycles. The summed E-state index contributed by atoms with van der Waals surface area (Å²) in [6, 6.07) is 5.48. The van der Waals surface area contributed by atoms with Crippen molar-refractivity contribution in [2.75, 3.05) is 13.1 Å². The van der Waals surface area contributed by atoms with Gasteiger partial charge in [0.25, 0.3) is 0 Å². The molecule has 0 atom stereocenters. The Kier molecular flexibility index (Phi) is 18.8. The van der Waals surface area contributed by atoms with Crippen LogP contribution in [0.3, 0.4) is 0 Å². The standard InChI is InChI=1S/C13H17Cl2NO.C4H6.C3H8/c1-2-3-5-16(10-17)6-4-11-7-12(14)9-13(15)8-11;1-3-4-2;1-3-2/h7-10H,2-6H2,1H3;3-4H,1-2H2;3H2,1-2H3. The molecule has 0 N–H and O–H groups in total. The van der Waals surface area contributed by atoms with Crippen LogP contribution in [0.2, 0.25) is 10.0 Å². The van der Waals surface area contributed by atoms with Crippen LogP contribution < -0.4 is 0 Å². The molecule has 0 bridgehead atoms. The van der Waals surface area contributed by atoms with Gasteiger partial charge in [0.05, 0.1) is 0 Å². The monoisotopic (exact) mass is 371 g/mol. The Morgan fingerprint density at radius 3 is 1.88 bits per heavy atom. The minimum Gasteiger partial charge on any atom is -0.345 e. The maximum absolute atomic E-state index is 10.8. The fourth-order valence-corrected chi connectivity index (χ4v) is 2.18. The van der Waals surface area contributed by atoms with Gasteiger partial charge in [-0.1, -0.05) is 82.1 Å². The lowest BCUT2D eigenvalue weighted by Crippen LogP contribution is -2.25. The molecule has 0 radical (unpaired) electrons. The third-order valence-corrected chi connectivity index (χ3v) is 3.16. The van der Waals surface area contributed by atoms with Crippen molar-refractivity contribution < 1.29 is 4.79 Å². The molecule has 0 aliphatic carbocycles. The molecule has 1 amide bonds. The fraction of sp³-hybridized carbons (Fsp3) is 0.450. The predicted octanol–water partition coefficient (Wildman–Crippen LogP) is 6.57. The topological polar surface area (TPSA) is 20.3 Å². The Labute approximate surface area is 158 Å². The van der Waals surface area contributed by atoms with Crippen LogP contribution in [0.15, 0.2) is 43.5 Å². The van der Waals surface area contributed by atoms with E-state index in [-0.39, 0.29) is 0 Å². The first-order chi connectivity index (χ1) is 11.5. The molecule has 0 aliphatic heterocycles. The van der Waals surface area contributed by atoms with E-state index in [0.717, 1.165) is 37.8 Å². The number of benzene rings is 1. The highest BCUT2D eigenvalue weighted by Gasteiger charge is 2.03. The van der Waals surface area contributed by atoms with Gasteiger partial charge in [0.1, 0.15) is 0 Å². The summed E-state index contributed by atoms with van der Waals surface area (Å²) in [5.74, 6) is 0. The van der Waals surface area contributed by atoms with E-state index >= 15 is 0 Å². The lowest BCUT2D eigenvalue weighted by Gasteiger charge is -2.16. The van der Waals surface area contributed by atoms with Crippen LogP contribution in [0.5, 0.6) is 0 Å². The average molecular weight is 372 g/mol. The number of halogens is 2. The molecule has 0 aliphatic rings. The van der Waals surface area contributed by atoms with Gasteiger partial charge in [0, 0.05) is 23.1 Å². The second-order valence-electron chi connectivity index (χ2n) is 5.20. The largest absolute Gasteiger partial charge is 0.345 e. The second kappa shape index (κ2) is 18.1. The van der Waals surface area contributed by atoms with Crippen LogP contribution in [-0.4, -0.2) is 24.4 Å². The normalized spacial score (nSPS) is 8.88. The van der Waals surface area contributed by atoms with Crippen molar-refractivity contribution in [3.63, 3.8) is 0 Å². The molecule has 0 unspecified atom stereocenters. The van der Waals surface area contributed by atoms with Crippen LogP contribution in [0.25, 0.3) is 0 Å². The summed E-state index contributed by atoms with van der Waals surface area (Å²) in [6.07, 6.45) is 8.34. The van der Waals surface area contributed by atoms with Crippen molar-refractivity contribution in [1.29, 1.82) is 0 Å². The van der Waals surface area contributed by atoms with Gasteiger partial charge in [-0.05, 0) is 36.6 Å². The van der Waals surface area contributed by atoms with E-state index < -0.39 is 0 Å². The molecule has 136 valence electrons. The van der Waals surface area contributed by atoms with Gasteiger partial charge in [0.15, 0.2) is 0 Å². The Hall–Kier alpha value is -1.25. The highest BCUT2D eigenvalue weighted by atomic mass is 35.5. The average Bonchev–Trinajstić information content (AvgIpc) is 2.55. The number of carbonyl (C=O) groups excluding carboxylic acids is 1. The summed E-state index contributed by atoms with van der Waals surface area (Å²) in [4.78, 5) is 12.6. The third-order valence-electron chi connectivity index (χ3n) is 2.72. The zero-order valence-electron chi connectivity index (χ0n) is 15.2. The summed E-state index contributed by atoms with van der Waals surface area (Å²) in [6.45, 7) is 14.6. The molecule has 0 spiro atoms. The first-order valence-electron chi connectivity index (χ1n) is 8.36. The number of allylic oxidation sites excluding steroid dienone is 2. The van der Waals surface area contributed by atoms with Crippen LogP contribution in [0.1, 0.15) is 45.6 Å². The molecule has 24 heavy (non-hydrogen) atoms. The van der Waals surface area contributed by atoms with Crippen molar-refractivity contribution >= 4 is 29.6 Å². The van der Waals surface area contributed by atoms with Gasteiger partial charge in [-0.25, -0.2) is 0 Å². The zero-order chi connectivity index (χ0) is 18.8. The maximum atomic E-state index is 10.8. The Bertz CT molecular complexity index is 435. The molecular formula is C20H31Cl2NO. The number of carbonyl (C=O) groups is 1. The van der Waals surface area contributed by atoms with Crippen molar-refractivity contribution in [2.24, 2.45) is 0 Å². The van der Waals surface area contributed by atoms with E-state index in [2.05, 4.69) is 33.9 Å². The minimum absolute atomic E-state index is 0.638. The molecular weight excluding hydrogens is 341 g/mol. The van der Waals surface area contributed by atoms with Gasteiger partial charge in [-0.3, -0.25) is 4.79 Å². The smallest absolute Gasteiger partial charge is 0.209 e. The van der Waals surface area contributed by atoms with Crippen LogP contribution in [0, 0.1) is 0 Å². The number of hydrogen-bond acceptors (Lipinski definition) is 1. The molecule has 0 saturated heterocycles. The van der Waals surface area contributed by atoms with E-state index in [4.69, 9.17) is 23.2 Å². The number of nitrogens with zero attached hydrogens (tertiary/aromatic N) is 1. The predicted molar refractivity (Wildman–Crippen MR) is 109 cm³/mol. The SMILES string of the molecule is C=CC=C.CCC.CCCCN(C=O)CCc1cc(Cl)cc(Cl)c1. The lowest BCUT2D eigenvalue weighted by atomic mass is 10.1. The fourth-order valence-electron chi connectivity index (χ4n) is 1.61. The summed E-state index contributed by atoms with van der Waals surface area (Å²) in [7, 11) is 0. The van der Waals surface area contributed by atoms with Gasteiger partial charge < -0.3 is 4.90 Å². The molecule has 0 fully saturated rings. The lowest BCUT2D eigenvalue weighted by molar-refractivity contribution is -0.118. The van der Waals surface area contributed by atoms with Crippen molar-refractivity contribution in [3.8, 4) is 0 Å². The molecule has 2 nitrogen and oxygen atoms in total. The van der Waals surface area contributed by atoms with Crippen LogP contribution in [0.4, 0.5) is 0 Å². The first kappa shape index (κ1) is 25.0. The highest BCUT2D eigenvalue weighted by Crippen LogP contribution is 2.19. The van der Waals surface area contributed by atoms with Crippen LogP contribution >= 0.6 is 23.2 Å².